The van der Waals surface area contributed by atoms with Gasteiger partial charge in [0.05, 0.1) is 11.9 Å². The molecule has 0 unspecified atom stereocenters. The predicted molar refractivity (Wildman–Crippen MR) is 139 cm³/mol. The summed E-state index contributed by atoms with van der Waals surface area (Å²) in [6, 6.07) is 20.9. The lowest BCUT2D eigenvalue weighted by Crippen LogP contribution is -2.24. The van der Waals surface area contributed by atoms with E-state index >= 15 is 0 Å². The standard InChI is InChI=1S/C26H21F3N6OS/c27-26(28,29)36-21-13-11-20(12-14-21)35-16-30-24(34-35)19-7-5-17(6-8-19)15-31-33-25(37)32-23-4-2-1-3-22(23)18-9-10-18/h1-8,11-16,18H,9-10H2,(H2,32,33,37)/b31-15-. The Bertz CT molecular complexity index is 1410. The minimum absolute atomic E-state index is 0.303. The van der Waals surface area contributed by atoms with Gasteiger partial charge in [-0.25, -0.2) is 9.67 Å². The average molecular weight is 523 g/mol. The molecule has 2 N–H and O–H groups in total. The number of nitrogens with zero attached hydrogens (tertiary/aromatic N) is 4. The summed E-state index contributed by atoms with van der Waals surface area (Å²) in [5.74, 6) is 0.771. The Kier molecular flexibility index (Phi) is 6.87. The minimum Gasteiger partial charge on any atom is -0.406 e. The highest BCUT2D eigenvalue weighted by molar-refractivity contribution is 7.80. The van der Waals surface area contributed by atoms with Crippen molar-refractivity contribution in [2.24, 2.45) is 5.10 Å². The van der Waals surface area contributed by atoms with Crippen molar-refractivity contribution >= 4 is 29.2 Å². The summed E-state index contributed by atoms with van der Waals surface area (Å²) in [6.07, 6.45) is 0.817. The molecule has 0 bridgehead atoms. The van der Waals surface area contributed by atoms with E-state index < -0.39 is 6.36 Å². The molecule has 0 atom stereocenters. The number of para-hydroxylation sites is 1. The van der Waals surface area contributed by atoms with E-state index in [-0.39, 0.29) is 5.75 Å². The van der Waals surface area contributed by atoms with E-state index in [9.17, 15) is 13.2 Å². The van der Waals surface area contributed by atoms with E-state index in [0.717, 1.165) is 16.8 Å². The summed E-state index contributed by atoms with van der Waals surface area (Å²) in [5, 5.41) is 12.2. The molecule has 1 aliphatic carbocycles. The maximum atomic E-state index is 12.3. The number of hydrogen-bond acceptors (Lipinski definition) is 5. The molecule has 1 aromatic heterocycles. The molecule has 0 amide bonds. The van der Waals surface area contributed by atoms with E-state index in [1.54, 1.807) is 6.21 Å². The number of anilines is 1. The van der Waals surface area contributed by atoms with E-state index in [0.29, 0.717) is 22.5 Å². The van der Waals surface area contributed by atoms with Crippen molar-refractivity contribution in [2.75, 3.05) is 5.32 Å². The fourth-order valence-electron chi connectivity index (χ4n) is 3.72. The summed E-state index contributed by atoms with van der Waals surface area (Å²) in [7, 11) is 0. The largest absolute Gasteiger partial charge is 0.573 e. The van der Waals surface area contributed by atoms with Crippen LogP contribution >= 0.6 is 12.2 Å². The third-order valence-electron chi connectivity index (χ3n) is 5.60. The summed E-state index contributed by atoms with van der Waals surface area (Å²) in [6.45, 7) is 0. The lowest BCUT2D eigenvalue weighted by Gasteiger charge is -2.11. The number of hydrogen-bond donors (Lipinski definition) is 2. The van der Waals surface area contributed by atoms with Gasteiger partial charge in [0.15, 0.2) is 10.9 Å². The molecule has 1 saturated carbocycles. The fourth-order valence-corrected chi connectivity index (χ4v) is 3.88. The average Bonchev–Trinajstić information content (AvgIpc) is 3.60. The van der Waals surface area contributed by atoms with Crippen molar-refractivity contribution in [1.29, 1.82) is 0 Å². The van der Waals surface area contributed by atoms with Crippen molar-refractivity contribution < 1.29 is 17.9 Å². The molecule has 7 nitrogen and oxygen atoms in total. The van der Waals surface area contributed by atoms with Crippen LogP contribution in [0, 0.1) is 0 Å². The normalized spacial score (nSPS) is 13.5. The Morgan fingerprint density at radius 1 is 1.03 bits per heavy atom. The quantitative estimate of drug-likeness (QED) is 0.175. The number of halogens is 3. The van der Waals surface area contributed by atoms with Gasteiger partial charge in [-0.05, 0) is 72.4 Å². The van der Waals surface area contributed by atoms with Crippen LogP contribution in [0.3, 0.4) is 0 Å². The number of thiocarbonyl (C=S) groups is 1. The molecule has 4 aromatic rings. The van der Waals surface area contributed by atoms with Gasteiger partial charge in [0.2, 0.25) is 0 Å². The Morgan fingerprint density at radius 3 is 2.46 bits per heavy atom. The van der Waals surface area contributed by atoms with Gasteiger partial charge < -0.3 is 10.1 Å². The molecule has 3 aromatic carbocycles. The highest BCUT2D eigenvalue weighted by Gasteiger charge is 2.31. The molecule has 0 aliphatic heterocycles. The second kappa shape index (κ2) is 10.4. The van der Waals surface area contributed by atoms with E-state index in [2.05, 4.69) is 36.7 Å². The maximum Gasteiger partial charge on any atom is 0.573 e. The molecule has 0 radical (unpaired) electrons. The van der Waals surface area contributed by atoms with Crippen molar-refractivity contribution in [2.45, 2.75) is 25.1 Å². The van der Waals surface area contributed by atoms with Crippen LogP contribution in [-0.4, -0.2) is 32.5 Å². The van der Waals surface area contributed by atoms with Gasteiger partial charge in [-0.3, -0.25) is 5.43 Å². The molecule has 11 heteroatoms. The van der Waals surface area contributed by atoms with Gasteiger partial charge in [0, 0.05) is 11.3 Å². The third-order valence-corrected chi connectivity index (χ3v) is 5.79. The number of rotatable bonds is 7. The van der Waals surface area contributed by atoms with Crippen molar-refractivity contribution in [1.82, 2.24) is 20.2 Å². The molecule has 188 valence electrons. The summed E-state index contributed by atoms with van der Waals surface area (Å²) >= 11 is 5.36. The third kappa shape index (κ3) is 6.50. The predicted octanol–water partition coefficient (Wildman–Crippen LogP) is 6.03. The molecule has 1 aliphatic rings. The molecular formula is C26H21F3N6OS. The van der Waals surface area contributed by atoms with Crippen LogP contribution in [-0.2, 0) is 0 Å². The number of alkyl halides is 3. The second-order valence-corrected chi connectivity index (χ2v) is 8.77. The lowest BCUT2D eigenvalue weighted by atomic mass is 10.1. The lowest BCUT2D eigenvalue weighted by molar-refractivity contribution is -0.274. The maximum absolute atomic E-state index is 12.3. The summed E-state index contributed by atoms with van der Waals surface area (Å²) < 4.78 is 42.4. The minimum atomic E-state index is -4.74. The van der Waals surface area contributed by atoms with Crippen LogP contribution in [0.2, 0.25) is 0 Å². The van der Waals surface area contributed by atoms with Gasteiger partial charge in [-0.2, -0.15) is 5.10 Å². The monoisotopic (exact) mass is 522 g/mol. The summed E-state index contributed by atoms with van der Waals surface area (Å²) in [5.41, 5.74) is 7.28. The first-order valence-electron chi connectivity index (χ1n) is 11.4. The van der Waals surface area contributed by atoms with E-state index in [4.69, 9.17) is 12.2 Å². The van der Waals surface area contributed by atoms with Crippen LogP contribution < -0.4 is 15.5 Å². The Balaban J connectivity index is 1.17. The van der Waals surface area contributed by atoms with Crippen molar-refractivity contribution in [3.63, 3.8) is 0 Å². The van der Waals surface area contributed by atoms with Crippen LogP contribution in [0.4, 0.5) is 18.9 Å². The Morgan fingerprint density at radius 2 is 1.76 bits per heavy atom. The number of ether oxygens (including phenoxy) is 1. The Labute approximate surface area is 216 Å². The van der Waals surface area contributed by atoms with E-state index in [1.165, 1.54) is 53.7 Å². The van der Waals surface area contributed by atoms with E-state index in [1.807, 2.05) is 42.5 Å². The molecular weight excluding hydrogens is 501 g/mol. The van der Waals surface area contributed by atoms with Gasteiger partial charge in [0.25, 0.3) is 0 Å². The topological polar surface area (TPSA) is 76.4 Å². The Hall–Kier alpha value is -4.25. The molecule has 1 fully saturated rings. The van der Waals surface area contributed by atoms with Crippen molar-refractivity contribution in [3.8, 4) is 22.8 Å². The fraction of sp³-hybridized carbons (Fsp3) is 0.154. The van der Waals surface area contributed by atoms with Crippen LogP contribution in [0.5, 0.6) is 5.75 Å². The molecule has 0 spiro atoms. The highest BCUT2D eigenvalue weighted by Crippen LogP contribution is 2.43. The van der Waals surface area contributed by atoms with Gasteiger partial charge in [0.1, 0.15) is 12.1 Å². The van der Waals surface area contributed by atoms with Crippen molar-refractivity contribution in [3.05, 3.63) is 90.3 Å². The molecule has 37 heavy (non-hydrogen) atoms. The first-order chi connectivity index (χ1) is 17.8. The first-order valence-corrected chi connectivity index (χ1v) is 11.8. The van der Waals surface area contributed by atoms with Crippen LogP contribution in [0.1, 0.15) is 29.9 Å². The number of hydrazone groups is 1. The number of benzene rings is 3. The van der Waals surface area contributed by atoms with Gasteiger partial charge in [-0.1, -0.05) is 42.5 Å². The SMILES string of the molecule is FC(F)(F)Oc1ccc(-n2cnc(-c3ccc(/C=N\NC(=S)Nc4ccccc4C4CC4)cc3)n2)cc1. The van der Waals surface area contributed by atoms with Gasteiger partial charge >= 0.3 is 6.36 Å². The molecule has 5 rings (SSSR count). The zero-order valence-electron chi connectivity index (χ0n) is 19.3. The van der Waals surface area contributed by atoms with Crippen LogP contribution in [0.15, 0.2) is 84.2 Å². The zero-order chi connectivity index (χ0) is 25.8. The number of aromatic nitrogens is 3. The molecule has 0 saturated heterocycles. The zero-order valence-corrected chi connectivity index (χ0v) is 20.1. The summed E-state index contributed by atoms with van der Waals surface area (Å²) in [4.78, 5) is 4.29. The van der Waals surface area contributed by atoms with Gasteiger partial charge in [-0.15, -0.1) is 18.3 Å². The number of nitrogens with one attached hydrogen (secondary N) is 2. The second-order valence-electron chi connectivity index (χ2n) is 8.36. The highest BCUT2D eigenvalue weighted by atomic mass is 32.1. The smallest absolute Gasteiger partial charge is 0.406 e. The molecule has 1 heterocycles. The van der Waals surface area contributed by atoms with Crippen LogP contribution in [0.25, 0.3) is 17.1 Å². The first kappa shape index (κ1) is 24.4.